The summed E-state index contributed by atoms with van der Waals surface area (Å²) in [5.41, 5.74) is 0.466. The smallest absolute Gasteiger partial charge is 0.341 e. The van der Waals surface area contributed by atoms with Crippen LogP contribution in [0, 0.1) is 0 Å². The molecule has 0 spiro atoms. The number of methoxy groups -OCH3 is 2. The van der Waals surface area contributed by atoms with Gasteiger partial charge in [0.25, 0.3) is 5.56 Å². The summed E-state index contributed by atoms with van der Waals surface area (Å²) in [5.74, 6) is -1.26. The molecule has 0 bridgehead atoms. The van der Waals surface area contributed by atoms with Crippen LogP contribution in [0.5, 0.6) is 0 Å². The molecule has 0 aliphatic rings. The van der Waals surface area contributed by atoms with Crippen LogP contribution in [0.25, 0.3) is 5.57 Å². The van der Waals surface area contributed by atoms with Crippen LogP contribution >= 0.6 is 0 Å². The van der Waals surface area contributed by atoms with E-state index < -0.39 is 17.5 Å². The van der Waals surface area contributed by atoms with Crippen LogP contribution in [-0.4, -0.2) is 41.8 Å². The number of nitrogens with one attached hydrogen (secondary N) is 1. The van der Waals surface area contributed by atoms with Gasteiger partial charge in [-0.1, -0.05) is 29.4 Å². The number of rotatable bonds is 6. The lowest BCUT2D eigenvalue weighted by Crippen LogP contribution is -2.18. The molecule has 27 heavy (non-hydrogen) atoms. The third kappa shape index (κ3) is 4.88. The van der Waals surface area contributed by atoms with Crippen molar-refractivity contribution in [2.75, 3.05) is 14.2 Å². The van der Waals surface area contributed by atoms with E-state index >= 15 is 0 Å². The number of hydrogen-bond donors (Lipinski definition) is 1. The van der Waals surface area contributed by atoms with Gasteiger partial charge in [-0.25, -0.2) is 14.6 Å². The van der Waals surface area contributed by atoms with E-state index in [9.17, 15) is 14.4 Å². The third-order valence-electron chi connectivity index (χ3n) is 3.27. The highest BCUT2D eigenvalue weighted by molar-refractivity contribution is 6.21. The molecule has 0 aliphatic heterocycles. The second kappa shape index (κ2) is 9.09. The number of ether oxygens (including phenoxy) is 2. The van der Waals surface area contributed by atoms with Gasteiger partial charge >= 0.3 is 11.9 Å². The van der Waals surface area contributed by atoms with Gasteiger partial charge in [-0.15, -0.1) is 0 Å². The average Bonchev–Trinajstić information content (AvgIpc) is 2.66. The van der Waals surface area contributed by atoms with E-state index in [-0.39, 0.29) is 17.1 Å². The van der Waals surface area contributed by atoms with Crippen LogP contribution in [0.15, 0.2) is 52.7 Å². The number of hydrogen-bond acceptors (Lipinski definition) is 8. The minimum Gasteiger partial charge on any atom is -0.503 e. The number of nitrogens with zero attached hydrogens (tertiary/aromatic N) is 2. The number of aromatic amines is 1. The fourth-order valence-corrected chi connectivity index (χ4v) is 2.19. The summed E-state index contributed by atoms with van der Waals surface area (Å²) in [6.07, 6.45) is 2.50. The van der Waals surface area contributed by atoms with E-state index in [1.165, 1.54) is 39.7 Å². The molecule has 9 nitrogen and oxygen atoms in total. The Bertz CT molecular complexity index is 961. The molecule has 2 aromatic rings. The van der Waals surface area contributed by atoms with Gasteiger partial charge in [-0.05, 0) is 0 Å². The van der Waals surface area contributed by atoms with Crippen LogP contribution in [-0.2, 0) is 23.9 Å². The Morgan fingerprint density at radius 2 is 1.85 bits per heavy atom. The van der Waals surface area contributed by atoms with Gasteiger partial charge < -0.3 is 19.3 Å². The van der Waals surface area contributed by atoms with Crippen molar-refractivity contribution in [3.05, 3.63) is 70.1 Å². The lowest BCUT2D eigenvalue weighted by molar-refractivity contribution is -0.141. The van der Waals surface area contributed by atoms with E-state index in [0.29, 0.717) is 11.1 Å². The number of H-pyrrole nitrogens is 1. The quantitative estimate of drug-likeness (QED) is 0.203. The maximum absolute atomic E-state index is 12.2. The molecule has 0 radical (unpaired) electrons. The van der Waals surface area contributed by atoms with E-state index in [1.807, 2.05) is 0 Å². The fourth-order valence-electron chi connectivity index (χ4n) is 2.19. The van der Waals surface area contributed by atoms with Crippen molar-refractivity contribution in [3.8, 4) is 0 Å². The molecule has 1 heterocycles. The van der Waals surface area contributed by atoms with Crippen molar-refractivity contribution in [1.82, 2.24) is 9.97 Å². The molecule has 1 aromatic carbocycles. The first kappa shape index (κ1) is 19.6. The Morgan fingerprint density at radius 1 is 1.15 bits per heavy atom. The van der Waals surface area contributed by atoms with Crippen LogP contribution in [0.4, 0.5) is 0 Å². The summed E-state index contributed by atoms with van der Waals surface area (Å²) in [6, 6.07) is 7.85. The molecule has 0 aliphatic carbocycles. The second-order valence-electron chi connectivity index (χ2n) is 5.11. The topological polar surface area (TPSA) is 120 Å². The van der Waals surface area contributed by atoms with Crippen molar-refractivity contribution in [2.45, 2.75) is 6.92 Å². The van der Waals surface area contributed by atoms with E-state index in [0.717, 1.165) is 0 Å². The lowest BCUT2D eigenvalue weighted by Gasteiger charge is -2.12. The Hall–Kier alpha value is -3.75. The SMILES string of the molecule is COC=C(C(=O)OC)c1ccccc1C(=NOC(C)=O)c1nccc(=O)[nH]1. The Kier molecular flexibility index (Phi) is 6.59. The fraction of sp³-hybridized carbons (Fsp3) is 0.167. The van der Waals surface area contributed by atoms with Crippen LogP contribution in [0.3, 0.4) is 0 Å². The molecule has 0 amide bonds. The minimum atomic E-state index is -0.663. The van der Waals surface area contributed by atoms with Crippen molar-refractivity contribution in [1.29, 1.82) is 0 Å². The second-order valence-corrected chi connectivity index (χ2v) is 5.11. The summed E-state index contributed by atoms with van der Waals surface area (Å²) < 4.78 is 9.77. The highest BCUT2D eigenvalue weighted by atomic mass is 16.7. The highest BCUT2D eigenvalue weighted by Gasteiger charge is 2.22. The summed E-state index contributed by atoms with van der Waals surface area (Å²) in [6.45, 7) is 1.18. The third-order valence-corrected chi connectivity index (χ3v) is 3.27. The monoisotopic (exact) mass is 371 g/mol. The van der Waals surface area contributed by atoms with Crippen LogP contribution in [0.1, 0.15) is 23.9 Å². The van der Waals surface area contributed by atoms with Gasteiger partial charge in [0.2, 0.25) is 0 Å². The van der Waals surface area contributed by atoms with E-state index in [4.69, 9.17) is 14.3 Å². The minimum absolute atomic E-state index is 0.0457. The highest BCUT2D eigenvalue weighted by Crippen LogP contribution is 2.23. The zero-order valence-corrected chi connectivity index (χ0v) is 14.9. The summed E-state index contributed by atoms with van der Waals surface area (Å²) in [7, 11) is 2.62. The van der Waals surface area contributed by atoms with Gasteiger partial charge in [0.05, 0.1) is 20.5 Å². The number of carbonyl (C=O) groups excluding carboxylic acids is 2. The normalized spacial score (nSPS) is 11.7. The van der Waals surface area contributed by atoms with Crippen molar-refractivity contribution >= 4 is 23.2 Å². The van der Waals surface area contributed by atoms with Gasteiger partial charge in [0.1, 0.15) is 5.57 Å². The molecule has 140 valence electrons. The molecule has 1 N–H and O–H groups in total. The lowest BCUT2D eigenvalue weighted by atomic mass is 9.96. The summed E-state index contributed by atoms with van der Waals surface area (Å²) in [5, 5.41) is 3.81. The molecule has 9 heteroatoms. The summed E-state index contributed by atoms with van der Waals surface area (Å²) in [4.78, 5) is 46.4. The number of aromatic nitrogens is 2. The van der Waals surface area contributed by atoms with Crippen LogP contribution in [0.2, 0.25) is 0 Å². The Balaban J connectivity index is 2.72. The molecule has 0 atom stereocenters. The molecular weight excluding hydrogens is 354 g/mol. The zero-order chi connectivity index (χ0) is 19.8. The largest absolute Gasteiger partial charge is 0.503 e. The molecular formula is C18H17N3O6. The predicted octanol–water partition coefficient (Wildman–Crippen LogP) is 1.25. The number of esters is 1. The van der Waals surface area contributed by atoms with E-state index in [1.54, 1.807) is 24.3 Å². The van der Waals surface area contributed by atoms with Gasteiger partial charge in [-0.3, -0.25) is 4.79 Å². The number of oxime groups is 1. The molecule has 0 fully saturated rings. The van der Waals surface area contributed by atoms with Crippen LogP contribution < -0.4 is 5.56 Å². The van der Waals surface area contributed by atoms with Gasteiger partial charge in [0, 0.05) is 30.3 Å². The molecule has 2 rings (SSSR count). The first-order valence-corrected chi connectivity index (χ1v) is 7.70. The predicted molar refractivity (Wildman–Crippen MR) is 95.7 cm³/mol. The average molecular weight is 371 g/mol. The standard InChI is InChI=1S/C18H17N3O6/c1-11(22)27-21-16(17-19-9-8-15(23)20-17)13-7-5-4-6-12(13)14(10-25-2)18(24)26-3/h4-10H,1-3H3,(H,19,20,23). The molecule has 1 aromatic heterocycles. The van der Waals surface area contributed by atoms with Gasteiger partial charge in [0.15, 0.2) is 11.5 Å². The van der Waals surface area contributed by atoms with Gasteiger partial charge in [-0.2, -0.15) is 0 Å². The molecule has 0 unspecified atom stereocenters. The zero-order valence-electron chi connectivity index (χ0n) is 14.9. The van der Waals surface area contributed by atoms with Crippen molar-refractivity contribution in [3.63, 3.8) is 0 Å². The Labute approximate surface area is 154 Å². The number of benzene rings is 1. The summed E-state index contributed by atoms with van der Waals surface area (Å²) >= 11 is 0. The van der Waals surface area contributed by atoms with Crippen molar-refractivity contribution < 1.29 is 23.9 Å². The maximum Gasteiger partial charge on any atom is 0.341 e. The Morgan fingerprint density at radius 3 is 2.44 bits per heavy atom. The number of carbonyl (C=O) groups is 2. The molecule has 0 saturated carbocycles. The first-order chi connectivity index (χ1) is 13.0. The first-order valence-electron chi connectivity index (χ1n) is 7.70. The van der Waals surface area contributed by atoms with E-state index in [2.05, 4.69) is 15.1 Å². The van der Waals surface area contributed by atoms with Crippen molar-refractivity contribution in [2.24, 2.45) is 5.16 Å². The maximum atomic E-state index is 12.2. The molecule has 0 saturated heterocycles.